The maximum absolute atomic E-state index is 12.2. The molecule has 1 aromatic heterocycles. The third kappa shape index (κ3) is 4.27. The third-order valence-corrected chi connectivity index (χ3v) is 6.42. The van der Waals surface area contributed by atoms with Gasteiger partial charge in [-0.15, -0.1) is 11.3 Å². The van der Waals surface area contributed by atoms with Crippen LogP contribution >= 0.6 is 11.3 Å². The van der Waals surface area contributed by atoms with Crippen molar-refractivity contribution in [2.24, 2.45) is 5.92 Å². The summed E-state index contributed by atoms with van der Waals surface area (Å²) in [5, 5.41) is 3.89. The van der Waals surface area contributed by atoms with Crippen molar-refractivity contribution in [3.63, 3.8) is 0 Å². The van der Waals surface area contributed by atoms with Gasteiger partial charge in [0.1, 0.15) is 4.88 Å². The van der Waals surface area contributed by atoms with E-state index < -0.39 is 10.0 Å². The van der Waals surface area contributed by atoms with E-state index in [2.05, 4.69) is 10.3 Å². The zero-order chi connectivity index (χ0) is 16.3. The minimum absolute atomic E-state index is 0.105. The highest BCUT2D eigenvalue weighted by atomic mass is 32.2. The van der Waals surface area contributed by atoms with Crippen molar-refractivity contribution in [2.75, 3.05) is 25.9 Å². The highest BCUT2D eigenvalue weighted by Gasteiger charge is 2.26. The Hall–Kier alpha value is -0.990. The number of thiazole rings is 1. The molecule has 1 atom stereocenters. The van der Waals surface area contributed by atoms with Gasteiger partial charge in [-0.1, -0.05) is 6.92 Å². The maximum Gasteiger partial charge on any atom is 0.263 e. The molecule has 0 aromatic carbocycles. The quantitative estimate of drug-likeness (QED) is 0.875. The van der Waals surface area contributed by atoms with Crippen LogP contribution in [0, 0.1) is 12.8 Å². The predicted octanol–water partition coefficient (Wildman–Crippen LogP) is 1.42. The Kier molecular flexibility index (Phi) is 5.57. The summed E-state index contributed by atoms with van der Waals surface area (Å²) in [7, 11) is -3.14. The summed E-state index contributed by atoms with van der Waals surface area (Å²) >= 11 is 1.43. The molecule has 8 heteroatoms. The molecule has 0 radical (unpaired) electrons. The Morgan fingerprint density at radius 1 is 1.50 bits per heavy atom. The summed E-state index contributed by atoms with van der Waals surface area (Å²) in [6.45, 7) is 5.43. The number of hydrogen-bond acceptors (Lipinski definition) is 5. The van der Waals surface area contributed by atoms with Gasteiger partial charge in [0.05, 0.1) is 17.0 Å². The fraction of sp³-hybridized carbons (Fsp3) is 0.714. The summed E-state index contributed by atoms with van der Waals surface area (Å²) in [6.07, 6.45) is 3.84. The molecule has 1 aliphatic heterocycles. The third-order valence-electron chi connectivity index (χ3n) is 3.85. The highest BCUT2D eigenvalue weighted by Crippen LogP contribution is 2.20. The van der Waals surface area contributed by atoms with Gasteiger partial charge in [0.25, 0.3) is 5.91 Å². The van der Waals surface area contributed by atoms with E-state index >= 15 is 0 Å². The second-order valence-corrected chi connectivity index (χ2v) is 8.78. The van der Waals surface area contributed by atoms with Crippen molar-refractivity contribution in [1.29, 1.82) is 0 Å². The van der Waals surface area contributed by atoms with Crippen LogP contribution in [0.3, 0.4) is 0 Å². The van der Waals surface area contributed by atoms with Crippen molar-refractivity contribution in [2.45, 2.75) is 33.1 Å². The average Bonchev–Trinajstić information content (AvgIpc) is 2.85. The van der Waals surface area contributed by atoms with Crippen LogP contribution in [0.5, 0.6) is 0 Å². The van der Waals surface area contributed by atoms with Crippen LogP contribution in [0.15, 0.2) is 0 Å². The normalized spacial score (nSPS) is 20.0. The molecule has 1 fully saturated rings. The summed E-state index contributed by atoms with van der Waals surface area (Å²) in [5.74, 6) is 0.0671. The second kappa shape index (κ2) is 7.06. The smallest absolute Gasteiger partial charge is 0.263 e. The van der Waals surface area contributed by atoms with Crippen molar-refractivity contribution >= 4 is 27.3 Å². The second-order valence-electron chi connectivity index (χ2n) is 5.71. The molecule has 2 rings (SSSR count). The topological polar surface area (TPSA) is 79.4 Å². The number of sulfonamides is 1. The largest absolute Gasteiger partial charge is 0.351 e. The number of nitrogens with zero attached hydrogens (tertiary/aromatic N) is 2. The van der Waals surface area contributed by atoms with Crippen LogP contribution in [0.2, 0.25) is 0 Å². The fourth-order valence-electron chi connectivity index (χ4n) is 2.63. The van der Waals surface area contributed by atoms with E-state index in [9.17, 15) is 13.2 Å². The fourth-order valence-corrected chi connectivity index (χ4v) is 4.49. The van der Waals surface area contributed by atoms with Gasteiger partial charge in [-0.05, 0) is 32.1 Å². The van der Waals surface area contributed by atoms with E-state index in [0.29, 0.717) is 24.5 Å². The number of amides is 1. The summed E-state index contributed by atoms with van der Waals surface area (Å²) in [4.78, 5) is 17.3. The Bertz CT molecular complexity index is 640. The molecule has 0 unspecified atom stereocenters. The van der Waals surface area contributed by atoms with Crippen LogP contribution in [0.1, 0.15) is 40.1 Å². The monoisotopic (exact) mass is 345 g/mol. The maximum atomic E-state index is 12.2. The number of carbonyl (C=O) groups is 1. The molecule has 1 amide bonds. The Balaban J connectivity index is 1.92. The van der Waals surface area contributed by atoms with Gasteiger partial charge in [0.15, 0.2) is 0 Å². The molecule has 0 bridgehead atoms. The molecule has 0 spiro atoms. The van der Waals surface area contributed by atoms with Crippen molar-refractivity contribution < 1.29 is 13.2 Å². The molecule has 22 heavy (non-hydrogen) atoms. The lowest BCUT2D eigenvalue weighted by Crippen LogP contribution is -2.43. The molecular weight excluding hydrogens is 322 g/mol. The lowest BCUT2D eigenvalue weighted by atomic mass is 10.00. The minimum atomic E-state index is -3.14. The highest BCUT2D eigenvalue weighted by molar-refractivity contribution is 7.88. The molecule has 124 valence electrons. The Morgan fingerprint density at radius 3 is 2.82 bits per heavy atom. The van der Waals surface area contributed by atoms with Crippen molar-refractivity contribution in [3.8, 4) is 0 Å². The number of rotatable bonds is 5. The van der Waals surface area contributed by atoms with Crippen LogP contribution in [-0.4, -0.2) is 49.5 Å². The summed E-state index contributed by atoms with van der Waals surface area (Å²) in [6, 6.07) is 0. The molecule has 0 aliphatic carbocycles. The lowest BCUT2D eigenvalue weighted by molar-refractivity contribution is 0.0945. The summed E-state index contributed by atoms with van der Waals surface area (Å²) in [5.41, 5.74) is 0.765. The number of nitrogens with one attached hydrogen (secondary N) is 1. The number of carbonyl (C=O) groups excluding carboxylic acids is 1. The van der Waals surface area contributed by atoms with E-state index in [-0.39, 0.29) is 11.8 Å². The van der Waals surface area contributed by atoms with Crippen LogP contribution < -0.4 is 5.32 Å². The average molecular weight is 345 g/mol. The molecule has 0 saturated carbocycles. The number of hydrogen-bond donors (Lipinski definition) is 1. The number of piperidine rings is 1. The molecule has 1 N–H and O–H groups in total. The lowest BCUT2D eigenvalue weighted by Gasteiger charge is -2.30. The first kappa shape index (κ1) is 17.4. The van der Waals surface area contributed by atoms with Crippen molar-refractivity contribution in [3.05, 3.63) is 15.6 Å². The molecule has 1 aromatic rings. The number of aryl methyl sites for hydroxylation is 2. The van der Waals surface area contributed by atoms with Gasteiger partial charge in [0.2, 0.25) is 10.0 Å². The standard InChI is InChI=1S/C14H23N3O3S2/c1-4-12-16-10(2)13(21-12)14(18)15-8-11-6-5-7-17(9-11)22(3,19)20/h11H,4-9H2,1-3H3,(H,15,18)/t11-/m0/s1. The molecule has 6 nitrogen and oxygen atoms in total. The zero-order valence-electron chi connectivity index (χ0n) is 13.3. The molecule has 1 aliphatic rings. The molecule has 2 heterocycles. The zero-order valence-corrected chi connectivity index (χ0v) is 14.9. The van der Waals surface area contributed by atoms with Gasteiger partial charge in [-0.3, -0.25) is 4.79 Å². The number of aromatic nitrogens is 1. The SMILES string of the molecule is CCc1nc(C)c(C(=O)NC[C@@H]2CCCN(S(C)(=O)=O)C2)s1. The minimum Gasteiger partial charge on any atom is -0.351 e. The van der Waals surface area contributed by atoms with Gasteiger partial charge in [0, 0.05) is 19.6 Å². The first-order chi connectivity index (χ1) is 10.3. The van der Waals surface area contributed by atoms with E-state index in [1.807, 2.05) is 13.8 Å². The van der Waals surface area contributed by atoms with Gasteiger partial charge < -0.3 is 5.32 Å². The van der Waals surface area contributed by atoms with Gasteiger partial charge >= 0.3 is 0 Å². The van der Waals surface area contributed by atoms with E-state index in [1.165, 1.54) is 21.9 Å². The van der Waals surface area contributed by atoms with Crippen molar-refractivity contribution in [1.82, 2.24) is 14.6 Å². The first-order valence-electron chi connectivity index (χ1n) is 7.51. The summed E-state index contributed by atoms with van der Waals surface area (Å²) < 4.78 is 24.7. The predicted molar refractivity (Wildman–Crippen MR) is 87.7 cm³/mol. The molecular formula is C14H23N3O3S2. The molecule has 1 saturated heterocycles. The van der Waals surface area contributed by atoms with E-state index in [0.717, 1.165) is 30.0 Å². The Morgan fingerprint density at radius 2 is 2.23 bits per heavy atom. The Labute approximate surface area is 136 Å². The van der Waals surface area contributed by atoms with Crippen LogP contribution in [0.25, 0.3) is 0 Å². The first-order valence-corrected chi connectivity index (χ1v) is 10.2. The van der Waals surface area contributed by atoms with Gasteiger partial charge in [-0.2, -0.15) is 0 Å². The van der Waals surface area contributed by atoms with E-state index in [1.54, 1.807) is 0 Å². The van der Waals surface area contributed by atoms with Crippen LogP contribution in [-0.2, 0) is 16.4 Å². The van der Waals surface area contributed by atoms with Crippen LogP contribution in [0.4, 0.5) is 0 Å². The van der Waals surface area contributed by atoms with Gasteiger partial charge in [-0.25, -0.2) is 17.7 Å². The van der Waals surface area contributed by atoms with E-state index in [4.69, 9.17) is 0 Å².